The fourth-order valence-corrected chi connectivity index (χ4v) is 2.85. The van der Waals surface area contributed by atoms with Crippen LogP contribution in [0.5, 0.6) is 0 Å². The van der Waals surface area contributed by atoms with Crippen LogP contribution in [0.3, 0.4) is 0 Å². The minimum atomic E-state index is -4.48. The predicted octanol–water partition coefficient (Wildman–Crippen LogP) is 3.24. The van der Waals surface area contributed by atoms with Crippen LogP contribution in [0.1, 0.15) is 42.7 Å². The largest absolute Gasteiger partial charge is 0.449 e. The summed E-state index contributed by atoms with van der Waals surface area (Å²) in [6.45, 7) is 8.62. The number of nitrogens with zero attached hydrogens (tertiary/aromatic N) is 5. The average molecular weight is 369 g/mol. The standard InChI is InChI=1S/C17H22F3N5O/c1-11(2)14-8-15(17(18,19)20)23-16(22-14)25-6-4-24(5-7-25)9-13-10-26-12(3)21-13/h8,10-11H,4-7,9H2,1-3H3. The number of hydrogen-bond donors (Lipinski definition) is 0. The fraction of sp³-hybridized carbons (Fsp3) is 0.588. The summed E-state index contributed by atoms with van der Waals surface area (Å²) in [7, 11) is 0. The lowest BCUT2D eigenvalue weighted by molar-refractivity contribution is -0.141. The quantitative estimate of drug-likeness (QED) is 0.825. The normalized spacial score (nSPS) is 16.5. The minimum absolute atomic E-state index is 0.102. The third kappa shape index (κ3) is 4.32. The van der Waals surface area contributed by atoms with Gasteiger partial charge in [-0.15, -0.1) is 0 Å². The molecule has 3 heterocycles. The molecule has 0 amide bonds. The zero-order chi connectivity index (χ0) is 18.9. The molecule has 3 rings (SSSR count). The molecule has 0 aliphatic carbocycles. The molecule has 0 unspecified atom stereocenters. The summed E-state index contributed by atoms with van der Waals surface area (Å²) in [5.41, 5.74) is 0.378. The van der Waals surface area contributed by atoms with Crippen LogP contribution >= 0.6 is 0 Å². The molecular weight excluding hydrogens is 347 g/mol. The molecule has 9 heteroatoms. The van der Waals surface area contributed by atoms with E-state index in [2.05, 4.69) is 19.9 Å². The summed E-state index contributed by atoms with van der Waals surface area (Å²) in [6.07, 6.45) is -2.85. The number of anilines is 1. The van der Waals surface area contributed by atoms with Gasteiger partial charge in [-0.05, 0) is 12.0 Å². The Hall–Kier alpha value is -2.16. The summed E-state index contributed by atoms with van der Waals surface area (Å²) in [6, 6.07) is 1.04. The van der Waals surface area contributed by atoms with E-state index in [0.29, 0.717) is 44.3 Å². The van der Waals surface area contributed by atoms with Crippen molar-refractivity contribution in [1.82, 2.24) is 19.9 Å². The smallest absolute Gasteiger partial charge is 0.433 e. The molecule has 1 saturated heterocycles. The molecule has 142 valence electrons. The van der Waals surface area contributed by atoms with Gasteiger partial charge in [0, 0.05) is 45.3 Å². The van der Waals surface area contributed by atoms with Crippen molar-refractivity contribution < 1.29 is 17.6 Å². The number of oxazole rings is 1. The number of hydrogen-bond acceptors (Lipinski definition) is 6. The second-order valence-electron chi connectivity index (χ2n) is 6.75. The summed E-state index contributed by atoms with van der Waals surface area (Å²) in [4.78, 5) is 16.4. The van der Waals surface area contributed by atoms with Crippen LogP contribution in [-0.2, 0) is 12.7 Å². The Morgan fingerprint density at radius 1 is 1.12 bits per heavy atom. The van der Waals surface area contributed by atoms with Gasteiger partial charge in [0.1, 0.15) is 12.0 Å². The number of piperazine rings is 1. The van der Waals surface area contributed by atoms with Crippen LogP contribution in [-0.4, -0.2) is 46.0 Å². The van der Waals surface area contributed by atoms with Crippen LogP contribution in [0.2, 0.25) is 0 Å². The third-order valence-corrected chi connectivity index (χ3v) is 4.32. The molecule has 2 aromatic heterocycles. The van der Waals surface area contributed by atoms with Gasteiger partial charge in [0.25, 0.3) is 0 Å². The van der Waals surface area contributed by atoms with E-state index in [9.17, 15) is 13.2 Å². The van der Waals surface area contributed by atoms with Gasteiger partial charge in [0.05, 0.1) is 5.69 Å². The number of alkyl halides is 3. The van der Waals surface area contributed by atoms with Crippen LogP contribution in [0, 0.1) is 6.92 Å². The van der Waals surface area contributed by atoms with E-state index in [1.807, 2.05) is 18.7 Å². The second-order valence-corrected chi connectivity index (χ2v) is 6.75. The van der Waals surface area contributed by atoms with E-state index in [1.54, 1.807) is 13.2 Å². The molecule has 1 fully saturated rings. The predicted molar refractivity (Wildman–Crippen MR) is 89.9 cm³/mol. The lowest BCUT2D eigenvalue weighted by Gasteiger charge is -2.34. The third-order valence-electron chi connectivity index (χ3n) is 4.32. The van der Waals surface area contributed by atoms with E-state index >= 15 is 0 Å². The SMILES string of the molecule is Cc1nc(CN2CCN(c3nc(C(C)C)cc(C(F)(F)F)n3)CC2)co1. The summed E-state index contributed by atoms with van der Waals surface area (Å²) >= 11 is 0. The van der Waals surface area contributed by atoms with Gasteiger partial charge >= 0.3 is 6.18 Å². The van der Waals surface area contributed by atoms with Gasteiger partial charge in [0.2, 0.25) is 5.95 Å². The van der Waals surface area contributed by atoms with E-state index in [1.165, 1.54) is 0 Å². The Balaban J connectivity index is 1.71. The van der Waals surface area contributed by atoms with Crippen molar-refractivity contribution >= 4 is 5.95 Å². The van der Waals surface area contributed by atoms with Gasteiger partial charge in [-0.3, -0.25) is 4.90 Å². The molecule has 0 radical (unpaired) electrons. The molecule has 0 spiro atoms. The first-order valence-corrected chi connectivity index (χ1v) is 8.57. The zero-order valence-electron chi connectivity index (χ0n) is 15.0. The zero-order valence-corrected chi connectivity index (χ0v) is 15.0. The molecule has 1 aliphatic rings. The molecule has 0 atom stereocenters. The highest BCUT2D eigenvalue weighted by molar-refractivity contribution is 5.35. The number of halogens is 3. The Kier molecular flexibility index (Phi) is 5.17. The van der Waals surface area contributed by atoms with Gasteiger partial charge < -0.3 is 9.32 Å². The average Bonchev–Trinajstić information content (AvgIpc) is 2.99. The Labute approximate surface area is 150 Å². The van der Waals surface area contributed by atoms with Crippen molar-refractivity contribution in [2.75, 3.05) is 31.1 Å². The lowest BCUT2D eigenvalue weighted by atomic mass is 10.1. The number of rotatable bonds is 4. The van der Waals surface area contributed by atoms with Crippen molar-refractivity contribution in [3.05, 3.63) is 35.3 Å². The molecule has 1 aliphatic heterocycles. The van der Waals surface area contributed by atoms with E-state index < -0.39 is 11.9 Å². The summed E-state index contributed by atoms with van der Waals surface area (Å²) in [5.74, 6) is 0.673. The molecule has 0 bridgehead atoms. The maximum absolute atomic E-state index is 13.2. The first-order chi connectivity index (χ1) is 12.2. The number of aryl methyl sites for hydroxylation is 1. The highest BCUT2D eigenvalue weighted by Gasteiger charge is 2.34. The highest BCUT2D eigenvalue weighted by Crippen LogP contribution is 2.31. The maximum atomic E-state index is 13.2. The fourth-order valence-electron chi connectivity index (χ4n) is 2.85. The Morgan fingerprint density at radius 3 is 2.35 bits per heavy atom. The van der Waals surface area contributed by atoms with Crippen LogP contribution in [0.4, 0.5) is 19.1 Å². The first kappa shape index (κ1) is 18.6. The topological polar surface area (TPSA) is 58.3 Å². The lowest BCUT2D eigenvalue weighted by Crippen LogP contribution is -2.46. The van der Waals surface area contributed by atoms with Crippen LogP contribution in [0.25, 0.3) is 0 Å². The molecule has 0 aromatic carbocycles. The molecule has 0 N–H and O–H groups in total. The van der Waals surface area contributed by atoms with E-state index in [0.717, 1.165) is 11.8 Å². The van der Waals surface area contributed by atoms with Gasteiger partial charge in [-0.25, -0.2) is 15.0 Å². The number of aromatic nitrogens is 3. The molecule has 26 heavy (non-hydrogen) atoms. The molecular formula is C17H22F3N5O. The Morgan fingerprint density at radius 2 is 1.81 bits per heavy atom. The van der Waals surface area contributed by atoms with Crippen molar-refractivity contribution in [2.45, 2.75) is 39.4 Å². The van der Waals surface area contributed by atoms with Crippen LogP contribution in [0.15, 0.2) is 16.7 Å². The van der Waals surface area contributed by atoms with E-state index in [-0.39, 0.29) is 11.9 Å². The Bertz CT molecular complexity index is 751. The maximum Gasteiger partial charge on any atom is 0.433 e. The monoisotopic (exact) mass is 369 g/mol. The molecule has 2 aromatic rings. The van der Waals surface area contributed by atoms with Gasteiger partial charge in [0.15, 0.2) is 5.89 Å². The van der Waals surface area contributed by atoms with E-state index in [4.69, 9.17) is 4.42 Å². The van der Waals surface area contributed by atoms with Crippen molar-refractivity contribution in [1.29, 1.82) is 0 Å². The molecule has 6 nitrogen and oxygen atoms in total. The van der Waals surface area contributed by atoms with Gasteiger partial charge in [-0.1, -0.05) is 13.8 Å². The highest BCUT2D eigenvalue weighted by atomic mass is 19.4. The molecule has 0 saturated carbocycles. The van der Waals surface area contributed by atoms with Gasteiger partial charge in [-0.2, -0.15) is 13.2 Å². The summed E-state index contributed by atoms with van der Waals surface area (Å²) in [5, 5.41) is 0. The minimum Gasteiger partial charge on any atom is -0.449 e. The first-order valence-electron chi connectivity index (χ1n) is 8.57. The van der Waals surface area contributed by atoms with Crippen molar-refractivity contribution in [3.63, 3.8) is 0 Å². The second kappa shape index (κ2) is 7.22. The van der Waals surface area contributed by atoms with Crippen molar-refractivity contribution in [2.24, 2.45) is 0 Å². The summed E-state index contributed by atoms with van der Waals surface area (Å²) < 4.78 is 44.7. The van der Waals surface area contributed by atoms with Crippen molar-refractivity contribution in [3.8, 4) is 0 Å². The van der Waals surface area contributed by atoms with Crippen LogP contribution < -0.4 is 4.90 Å².